The van der Waals surface area contributed by atoms with E-state index in [2.05, 4.69) is 44.5 Å². The van der Waals surface area contributed by atoms with Crippen molar-refractivity contribution in [3.05, 3.63) is 68.7 Å². The van der Waals surface area contributed by atoms with Gasteiger partial charge in [-0.05, 0) is 102 Å². The molecule has 2 N–H and O–H groups in total. The lowest BCUT2D eigenvalue weighted by Crippen LogP contribution is -2.43. The van der Waals surface area contributed by atoms with Crippen LogP contribution in [0.3, 0.4) is 0 Å². The number of imide groups is 1. The molecule has 0 saturated carbocycles. The summed E-state index contributed by atoms with van der Waals surface area (Å²) in [6.45, 7) is 14.9. The number of benzene rings is 2. The molecule has 12 nitrogen and oxygen atoms in total. The van der Waals surface area contributed by atoms with E-state index in [1.807, 2.05) is 46.8 Å². The minimum absolute atomic E-state index is 0.0223. The molecule has 1 aliphatic heterocycles. The first-order chi connectivity index (χ1) is 27.1. The third-order valence-corrected chi connectivity index (χ3v) is 9.40. The van der Waals surface area contributed by atoms with Gasteiger partial charge in [0.25, 0.3) is 11.8 Å². The second-order valence-corrected chi connectivity index (χ2v) is 14.5. The molecule has 308 valence electrons. The fourth-order valence-corrected chi connectivity index (χ4v) is 6.68. The predicted molar refractivity (Wildman–Crippen MR) is 226 cm³/mol. The highest BCUT2D eigenvalue weighted by Gasteiger charge is 2.41. The number of methoxy groups -OCH3 is 1. The maximum absolute atomic E-state index is 14.4. The second kappa shape index (κ2) is 22.5. The lowest BCUT2D eigenvalue weighted by atomic mass is 9.93. The number of hydrogen-bond acceptors (Lipinski definition) is 10. The summed E-state index contributed by atoms with van der Waals surface area (Å²) in [7, 11) is 1.64. The molecule has 2 heterocycles. The molecule has 0 fully saturated rings. The third kappa shape index (κ3) is 12.5. The number of carbonyl (C=O) groups is 3. The average molecular weight is 847 g/mol. The molecular formula is C41H51Cl3FN7O5. The molecule has 57 heavy (non-hydrogen) atoms. The van der Waals surface area contributed by atoms with Crippen LogP contribution in [0.25, 0.3) is 0 Å². The zero-order valence-electron chi connectivity index (χ0n) is 33.6. The van der Waals surface area contributed by atoms with Gasteiger partial charge in [0, 0.05) is 36.9 Å². The molecule has 1 aliphatic carbocycles. The quantitative estimate of drug-likeness (QED) is 0.0978. The van der Waals surface area contributed by atoms with Crippen LogP contribution in [0.5, 0.6) is 5.75 Å². The second-order valence-electron chi connectivity index (χ2n) is 13.5. The van der Waals surface area contributed by atoms with Gasteiger partial charge in [-0.25, -0.2) is 9.29 Å². The molecule has 2 atom stereocenters. The molecule has 2 aliphatic rings. The summed E-state index contributed by atoms with van der Waals surface area (Å²) in [6, 6.07) is 8.58. The fraction of sp³-hybridized carbons (Fsp3) is 0.463. The number of para-hydroxylation sites is 1. The molecule has 16 heteroatoms. The van der Waals surface area contributed by atoms with Crippen molar-refractivity contribution in [1.82, 2.24) is 15.0 Å². The Morgan fingerprint density at radius 2 is 1.67 bits per heavy atom. The van der Waals surface area contributed by atoms with Crippen molar-refractivity contribution >= 4 is 75.8 Å². The lowest BCUT2D eigenvalue weighted by molar-refractivity contribution is -0.121. The number of anilines is 4. The first-order valence-electron chi connectivity index (χ1n) is 18.7. The lowest BCUT2D eigenvalue weighted by Gasteiger charge is -2.31. The van der Waals surface area contributed by atoms with E-state index in [0.29, 0.717) is 42.5 Å². The van der Waals surface area contributed by atoms with Gasteiger partial charge in [-0.2, -0.15) is 15.0 Å². The summed E-state index contributed by atoms with van der Waals surface area (Å²) in [6.07, 6.45) is 8.35. The largest absolute Gasteiger partial charge is 0.476 e. The molecule has 2 aromatic carbocycles. The molecule has 0 bridgehead atoms. The van der Waals surface area contributed by atoms with Crippen molar-refractivity contribution in [3.8, 4) is 18.1 Å². The van der Waals surface area contributed by atoms with Crippen molar-refractivity contribution in [2.45, 2.75) is 98.8 Å². The number of aryl methyl sites for hydroxylation is 2. The van der Waals surface area contributed by atoms with E-state index in [1.165, 1.54) is 6.07 Å². The van der Waals surface area contributed by atoms with Gasteiger partial charge in [0.1, 0.15) is 17.4 Å². The summed E-state index contributed by atoms with van der Waals surface area (Å²) in [5.41, 5.74) is 4.02. The summed E-state index contributed by atoms with van der Waals surface area (Å²) >= 11 is 17.5. The SMILES string of the molecule is C#CC(C)Oc1cc(N2C(=O)C3=C(CCCC3)C2=O)c(F)cc1Cl.CCNc1nc(Cl)nc(NC(C)C)n1.CCc1cccc(C)c1N(C(=O)CCl)C(C)COC. The summed E-state index contributed by atoms with van der Waals surface area (Å²) in [5, 5.41) is 6.25. The van der Waals surface area contributed by atoms with Crippen LogP contribution in [-0.2, 0) is 25.5 Å². The van der Waals surface area contributed by atoms with Crippen LogP contribution in [0.4, 0.5) is 27.7 Å². The molecule has 3 amide bonds. The van der Waals surface area contributed by atoms with Gasteiger partial charge >= 0.3 is 0 Å². The number of nitrogens with one attached hydrogen (secondary N) is 2. The minimum atomic E-state index is -0.762. The number of hydrogen-bond donors (Lipinski definition) is 2. The Morgan fingerprint density at radius 3 is 2.21 bits per heavy atom. The van der Waals surface area contributed by atoms with Crippen LogP contribution >= 0.6 is 34.8 Å². The van der Waals surface area contributed by atoms with Crippen LogP contribution in [0.15, 0.2) is 41.5 Å². The Labute approximate surface area is 349 Å². The zero-order chi connectivity index (χ0) is 42.4. The molecule has 5 rings (SSSR count). The maximum atomic E-state index is 14.4. The van der Waals surface area contributed by atoms with Crippen LogP contribution in [0.2, 0.25) is 10.3 Å². The highest BCUT2D eigenvalue weighted by Crippen LogP contribution is 2.40. The summed E-state index contributed by atoms with van der Waals surface area (Å²) in [4.78, 5) is 51.9. The van der Waals surface area contributed by atoms with Crippen LogP contribution in [0.1, 0.15) is 78.4 Å². The van der Waals surface area contributed by atoms with Gasteiger partial charge < -0.3 is 25.0 Å². The van der Waals surface area contributed by atoms with E-state index in [1.54, 1.807) is 18.9 Å². The summed E-state index contributed by atoms with van der Waals surface area (Å²) in [5.74, 6) is 1.69. The number of carbonyl (C=O) groups excluding carboxylic acids is 3. The molecule has 3 aromatic rings. The molecule has 0 radical (unpaired) electrons. The number of aromatic nitrogens is 3. The Balaban J connectivity index is 0.000000238. The Bertz CT molecular complexity index is 1950. The van der Waals surface area contributed by atoms with E-state index in [9.17, 15) is 18.8 Å². The van der Waals surface area contributed by atoms with E-state index < -0.39 is 23.7 Å². The number of nitrogens with zero attached hydrogens (tertiary/aromatic N) is 5. The van der Waals surface area contributed by atoms with Crippen molar-refractivity contribution in [3.63, 3.8) is 0 Å². The number of amides is 3. The number of terminal acetylenes is 1. The molecule has 0 saturated heterocycles. The third-order valence-electron chi connectivity index (χ3n) is 8.71. The highest BCUT2D eigenvalue weighted by molar-refractivity contribution is 6.34. The average Bonchev–Trinajstić information content (AvgIpc) is 3.42. The monoisotopic (exact) mass is 845 g/mol. The van der Waals surface area contributed by atoms with Gasteiger partial charge in [-0.3, -0.25) is 14.4 Å². The number of halogens is 4. The van der Waals surface area contributed by atoms with Gasteiger partial charge in [-0.15, -0.1) is 18.0 Å². The van der Waals surface area contributed by atoms with E-state index in [0.717, 1.165) is 53.6 Å². The van der Waals surface area contributed by atoms with E-state index >= 15 is 0 Å². The number of ether oxygens (including phenoxy) is 2. The van der Waals surface area contributed by atoms with Crippen molar-refractivity contribution < 1.29 is 28.2 Å². The van der Waals surface area contributed by atoms with E-state index in [4.69, 9.17) is 50.7 Å². The Hall–Kier alpha value is -4.48. The van der Waals surface area contributed by atoms with Gasteiger partial charge in [0.05, 0.1) is 29.0 Å². The first kappa shape index (κ1) is 46.9. The minimum Gasteiger partial charge on any atom is -0.476 e. The number of rotatable bonds is 13. The molecular weight excluding hydrogens is 796 g/mol. The zero-order valence-corrected chi connectivity index (χ0v) is 35.9. The van der Waals surface area contributed by atoms with Crippen LogP contribution in [-0.4, -0.2) is 77.0 Å². The van der Waals surface area contributed by atoms with Crippen LogP contribution in [0, 0.1) is 25.1 Å². The van der Waals surface area contributed by atoms with Gasteiger partial charge in [0.15, 0.2) is 6.10 Å². The van der Waals surface area contributed by atoms with Gasteiger partial charge in [0.2, 0.25) is 23.1 Å². The maximum Gasteiger partial charge on any atom is 0.261 e. The van der Waals surface area contributed by atoms with Crippen molar-refractivity contribution in [2.75, 3.05) is 46.6 Å². The topological polar surface area (TPSA) is 139 Å². The smallest absolute Gasteiger partial charge is 0.261 e. The van der Waals surface area contributed by atoms with Crippen molar-refractivity contribution in [1.29, 1.82) is 0 Å². The highest BCUT2D eigenvalue weighted by atomic mass is 35.5. The molecule has 2 unspecified atom stereocenters. The summed E-state index contributed by atoms with van der Waals surface area (Å²) < 4.78 is 25.0. The van der Waals surface area contributed by atoms with Crippen molar-refractivity contribution in [2.24, 2.45) is 0 Å². The van der Waals surface area contributed by atoms with Gasteiger partial charge in [-0.1, -0.05) is 42.6 Å². The normalized spacial score (nSPS) is 14.4. The molecule has 0 spiro atoms. The fourth-order valence-electron chi connectivity index (χ4n) is 6.19. The Kier molecular flexibility index (Phi) is 18.5. The van der Waals surface area contributed by atoms with Crippen LogP contribution < -0.4 is 25.2 Å². The predicted octanol–water partition coefficient (Wildman–Crippen LogP) is 8.56. The van der Waals surface area contributed by atoms with E-state index in [-0.39, 0.29) is 45.6 Å². The first-order valence-corrected chi connectivity index (χ1v) is 20.0. The standard InChI is InChI=1S/C18H15ClFNO3.C15H22ClNO2.C8H14ClN5/c1-3-10(2)24-16-9-15(14(20)8-13(16)19)21-17(22)11-6-4-5-7-12(11)18(21)23;1-5-13-8-6-7-11(2)15(13)17(14(18)9-16)12(3)10-19-4;1-4-10-7-12-6(9)13-8(14-7)11-5(2)3/h1,8-10H,4-7H2,2H3;6-8,12H,5,9-10H2,1-4H3;5H,4H2,1-3H3,(H2,10,11,12,13,14). The number of alkyl halides is 1. The Morgan fingerprint density at radius 1 is 1.04 bits per heavy atom. The molecule has 1 aromatic heterocycles.